The third-order valence-corrected chi connectivity index (χ3v) is 5.01. The molecule has 2 heterocycles. The van der Waals surface area contributed by atoms with Crippen molar-refractivity contribution in [3.8, 4) is 5.75 Å². The van der Waals surface area contributed by atoms with Gasteiger partial charge in [-0.05, 0) is 37.6 Å². The van der Waals surface area contributed by atoms with Gasteiger partial charge in [-0.15, -0.1) is 0 Å². The first kappa shape index (κ1) is 15.1. The molecule has 2 fully saturated rings. The van der Waals surface area contributed by atoms with E-state index in [2.05, 4.69) is 18.5 Å². The van der Waals surface area contributed by atoms with Crippen molar-refractivity contribution in [2.45, 2.75) is 43.9 Å². The van der Waals surface area contributed by atoms with Crippen LogP contribution in [0.5, 0.6) is 5.75 Å². The van der Waals surface area contributed by atoms with Crippen molar-refractivity contribution in [2.75, 3.05) is 14.2 Å². The van der Waals surface area contributed by atoms with Gasteiger partial charge in [-0.25, -0.2) is 4.79 Å². The summed E-state index contributed by atoms with van der Waals surface area (Å²) < 4.78 is 10.8. The van der Waals surface area contributed by atoms with Gasteiger partial charge in [0, 0.05) is 24.9 Å². The molecule has 0 spiro atoms. The number of benzene rings is 1. The Morgan fingerprint density at radius 1 is 1.18 bits per heavy atom. The molecule has 2 bridgehead atoms. The van der Waals surface area contributed by atoms with E-state index in [0.717, 1.165) is 24.2 Å². The quantitative estimate of drug-likeness (QED) is 0.633. The second-order valence-electron chi connectivity index (χ2n) is 6.26. The maximum atomic E-state index is 12.3. The smallest absolute Gasteiger partial charge is 0.338 e. The normalized spacial score (nSPS) is 27.5. The maximum Gasteiger partial charge on any atom is 0.338 e. The molecule has 2 aliphatic rings. The zero-order valence-electron chi connectivity index (χ0n) is 13.2. The topological polar surface area (TPSA) is 38.8 Å². The predicted molar refractivity (Wildman–Crippen MR) is 85.7 cm³/mol. The van der Waals surface area contributed by atoms with Crippen LogP contribution in [0.2, 0.25) is 0 Å². The van der Waals surface area contributed by atoms with E-state index >= 15 is 0 Å². The molecular weight excluding hydrogens is 278 g/mol. The number of hydrogen-bond donors (Lipinski definition) is 0. The fourth-order valence-electron chi connectivity index (χ4n) is 3.59. The van der Waals surface area contributed by atoms with Crippen LogP contribution >= 0.6 is 0 Å². The van der Waals surface area contributed by atoms with E-state index in [9.17, 15) is 4.79 Å². The number of hydrogen-bond acceptors (Lipinski definition) is 4. The Morgan fingerprint density at radius 3 is 2.32 bits per heavy atom. The van der Waals surface area contributed by atoms with Gasteiger partial charge in [-0.3, -0.25) is 0 Å². The number of ether oxygens (including phenoxy) is 2. The lowest BCUT2D eigenvalue weighted by Gasteiger charge is -2.35. The zero-order valence-corrected chi connectivity index (χ0v) is 13.2. The highest BCUT2D eigenvalue weighted by Gasteiger charge is 2.40. The van der Waals surface area contributed by atoms with Gasteiger partial charge in [-0.2, -0.15) is 0 Å². The average molecular weight is 301 g/mol. The molecule has 0 radical (unpaired) electrons. The van der Waals surface area contributed by atoms with Crippen LogP contribution in [-0.2, 0) is 9.53 Å². The highest BCUT2D eigenvalue weighted by Crippen LogP contribution is 2.36. The SMILES string of the molecule is C=C(C(=O)OC1CC2CCC(C1)N2C)c1ccc(OC)cc1. The lowest BCUT2D eigenvalue weighted by molar-refractivity contribution is -0.145. The molecule has 4 nitrogen and oxygen atoms in total. The van der Waals surface area contributed by atoms with Gasteiger partial charge in [0.1, 0.15) is 11.9 Å². The summed E-state index contributed by atoms with van der Waals surface area (Å²) in [6.07, 6.45) is 4.34. The minimum absolute atomic E-state index is 0.0243. The molecule has 0 amide bonds. The molecule has 118 valence electrons. The van der Waals surface area contributed by atoms with E-state index in [-0.39, 0.29) is 12.1 Å². The van der Waals surface area contributed by atoms with E-state index in [1.807, 2.05) is 24.3 Å². The second kappa shape index (κ2) is 6.13. The molecule has 0 saturated carbocycles. The Hall–Kier alpha value is -1.81. The number of carbonyl (C=O) groups excluding carboxylic acids is 1. The molecule has 2 atom stereocenters. The lowest BCUT2D eigenvalue weighted by Crippen LogP contribution is -2.43. The van der Waals surface area contributed by atoms with Crippen molar-refractivity contribution in [1.82, 2.24) is 4.90 Å². The molecule has 2 saturated heterocycles. The van der Waals surface area contributed by atoms with Crippen LogP contribution in [0.15, 0.2) is 30.8 Å². The summed E-state index contributed by atoms with van der Waals surface area (Å²) in [6, 6.07) is 8.44. The molecule has 0 N–H and O–H groups in total. The third-order valence-electron chi connectivity index (χ3n) is 5.01. The van der Waals surface area contributed by atoms with E-state index in [0.29, 0.717) is 17.7 Å². The van der Waals surface area contributed by atoms with Crippen LogP contribution in [0.1, 0.15) is 31.2 Å². The Bertz CT molecular complexity index is 552. The van der Waals surface area contributed by atoms with Crippen LogP contribution in [0.25, 0.3) is 5.57 Å². The number of esters is 1. The molecule has 22 heavy (non-hydrogen) atoms. The van der Waals surface area contributed by atoms with Crippen LogP contribution in [-0.4, -0.2) is 43.2 Å². The van der Waals surface area contributed by atoms with Gasteiger partial charge in [0.05, 0.1) is 12.7 Å². The highest BCUT2D eigenvalue weighted by atomic mass is 16.5. The predicted octanol–water partition coefficient (Wildman–Crippen LogP) is 2.88. The van der Waals surface area contributed by atoms with Crippen molar-refractivity contribution in [3.05, 3.63) is 36.4 Å². The summed E-state index contributed by atoms with van der Waals surface area (Å²) in [5.41, 5.74) is 1.19. The van der Waals surface area contributed by atoms with Gasteiger partial charge in [-0.1, -0.05) is 18.7 Å². The Morgan fingerprint density at radius 2 is 1.77 bits per heavy atom. The highest BCUT2D eigenvalue weighted by molar-refractivity contribution is 6.15. The summed E-state index contributed by atoms with van der Waals surface area (Å²) >= 11 is 0. The number of carbonyl (C=O) groups is 1. The van der Waals surface area contributed by atoms with Crippen molar-refractivity contribution < 1.29 is 14.3 Å². The molecule has 1 aromatic rings. The number of rotatable bonds is 4. The number of nitrogens with zero attached hydrogens (tertiary/aromatic N) is 1. The molecule has 0 aromatic heterocycles. The van der Waals surface area contributed by atoms with E-state index in [4.69, 9.17) is 9.47 Å². The first-order valence-corrected chi connectivity index (χ1v) is 7.84. The van der Waals surface area contributed by atoms with Gasteiger partial charge in [0.2, 0.25) is 0 Å². The third kappa shape index (κ3) is 2.88. The van der Waals surface area contributed by atoms with Gasteiger partial charge in [0.15, 0.2) is 0 Å². The van der Waals surface area contributed by atoms with Crippen LogP contribution in [0.4, 0.5) is 0 Å². The Labute approximate surface area is 131 Å². The Kier molecular flexibility index (Phi) is 4.21. The zero-order chi connectivity index (χ0) is 15.7. The van der Waals surface area contributed by atoms with Crippen LogP contribution < -0.4 is 4.74 Å². The summed E-state index contributed by atoms with van der Waals surface area (Å²) in [5.74, 6) is 0.455. The van der Waals surface area contributed by atoms with E-state index < -0.39 is 0 Å². The molecule has 3 rings (SSSR count). The molecular formula is C18H23NO3. The first-order valence-electron chi connectivity index (χ1n) is 7.84. The molecule has 2 aliphatic heterocycles. The van der Waals surface area contributed by atoms with Crippen molar-refractivity contribution in [1.29, 1.82) is 0 Å². The van der Waals surface area contributed by atoms with E-state index in [1.54, 1.807) is 7.11 Å². The second-order valence-corrected chi connectivity index (χ2v) is 6.26. The summed E-state index contributed by atoms with van der Waals surface area (Å²) in [7, 11) is 3.79. The molecule has 2 unspecified atom stereocenters. The van der Waals surface area contributed by atoms with Crippen molar-refractivity contribution in [2.24, 2.45) is 0 Å². The number of fused-ring (bicyclic) bond motifs is 2. The fourth-order valence-corrected chi connectivity index (χ4v) is 3.59. The minimum atomic E-state index is -0.306. The van der Waals surface area contributed by atoms with Crippen molar-refractivity contribution >= 4 is 11.5 Å². The maximum absolute atomic E-state index is 12.3. The Balaban J connectivity index is 1.60. The number of methoxy groups -OCH3 is 1. The average Bonchev–Trinajstić information content (AvgIpc) is 2.76. The molecule has 1 aromatic carbocycles. The largest absolute Gasteiger partial charge is 0.497 e. The molecule has 0 aliphatic carbocycles. The number of piperidine rings is 1. The van der Waals surface area contributed by atoms with Crippen LogP contribution in [0, 0.1) is 0 Å². The first-order chi connectivity index (χ1) is 10.6. The van der Waals surface area contributed by atoms with Crippen LogP contribution in [0.3, 0.4) is 0 Å². The van der Waals surface area contributed by atoms with Gasteiger partial charge in [0.25, 0.3) is 0 Å². The monoisotopic (exact) mass is 301 g/mol. The summed E-state index contributed by atoms with van der Waals surface area (Å²) in [6.45, 7) is 3.89. The minimum Gasteiger partial charge on any atom is -0.497 e. The lowest BCUT2D eigenvalue weighted by atomic mass is 10.0. The van der Waals surface area contributed by atoms with E-state index in [1.165, 1.54) is 12.8 Å². The fraction of sp³-hybridized carbons (Fsp3) is 0.500. The van der Waals surface area contributed by atoms with Crippen molar-refractivity contribution in [3.63, 3.8) is 0 Å². The standard InChI is InChI=1S/C18H23NO3/c1-12(13-4-8-16(21-3)9-5-13)18(20)22-17-10-14-6-7-15(11-17)19(14)2/h4-5,8-9,14-15,17H,1,6-7,10-11H2,2-3H3. The molecule has 4 heteroatoms. The van der Waals surface area contributed by atoms with Gasteiger partial charge >= 0.3 is 5.97 Å². The summed E-state index contributed by atoms with van der Waals surface area (Å²) in [4.78, 5) is 14.7. The summed E-state index contributed by atoms with van der Waals surface area (Å²) in [5, 5.41) is 0. The van der Waals surface area contributed by atoms with Gasteiger partial charge < -0.3 is 14.4 Å².